The first kappa shape index (κ1) is 15.9. The molecule has 6 nitrogen and oxygen atoms in total. The molecule has 1 aromatic carbocycles. The maximum absolute atomic E-state index is 13.0. The van der Waals surface area contributed by atoms with Crippen molar-refractivity contribution in [1.29, 1.82) is 0 Å². The van der Waals surface area contributed by atoms with Gasteiger partial charge in [-0.25, -0.2) is 4.39 Å². The zero-order chi connectivity index (χ0) is 17.6. The monoisotopic (exact) mass is 359 g/mol. The molecule has 4 rings (SSSR count). The van der Waals surface area contributed by atoms with Crippen LogP contribution in [0.2, 0.25) is 0 Å². The van der Waals surface area contributed by atoms with Crippen LogP contribution < -0.4 is 0 Å². The summed E-state index contributed by atoms with van der Waals surface area (Å²) >= 11 is 1.00. The Labute approximate surface area is 147 Å². The number of rotatable bonds is 3. The van der Waals surface area contributed by atoms with Crippen LogP contribution in [0, 0.1) is 5.82 Å². The topological polar surface area (TPSA) is 73.5 Å². The molecule has 2 fully saturated rings. The maximum Gasteiger partial charge on any atom is 0.289 e. The molecule has 2 aromatic rings. The molecule has 0 aliphatic carbocycles. The average Bonchev–Trinajstić information content (AvgIpc) is 3.16. The number of likely N-dealkylation sites (tertiary alicyclic amines) is 1. The van der Waals surface area contributed by atoms with Crippen LogP contribution in [0.4, 0.5) is 9.18 Å². The highest BCUT2D eigenvalue weighted by atomic mass is 32.2. The molecule has 3 heterocycles. The summed E-state index contributed by atoms with van der Waals surface area (Å²) in [6.45, 7) is 0.698. The third kappa shape index (κ3) is 2.82. The van der Waals surface area contributed by atoms with E-state index in [0.29, 0.717) is 18.8 Å². The molecule has 2 aliphatic rings. The first-order chi connectivity index (χ1) is 12.0. The molecule has 128 valence electrons. The number of carbonyl (C=O) groups excluding carboxylic acids is 3. The van der Waals surface area contributed by atoms with E-state index in [9.17, 15) is 18.8 Å². The summed E-state index contributed by atoms with van der Waals surface area (Å²) in [5.41, 5.74) is 2.02. The number of amides is 3. The molecule has 2 aliphatic heterocycles. The summed E-state index contributed by atoms with van der Waals surface area (Å²) in [7, 11) is 0. The molecule has 1 aromatic heterocycles. The normalized spacial score (nSPS) is 18.0. The van der Waals surface area contributed by atoms with E-state index in [0.717, 1.165) is 22.9 Å². The lowest BCUT2D eigenvalue weighted by Gasteiger charge is -2.42. The van der Waals surface area contributed by atoms with E-state index >= 15 is 0 Å². The van der Waals surface area contributed by atoms with Crippen LogP contribution in [0.5, 0.6) is 0 Å². The number of benzene rings is 1. The van der Waals surface area contributed by atoms with Gasteiger partial charge in [-0.1, -0.05) is 23.9 Å². The van der Waals surface area contributed by atoms with Crippen molar-refractivity contribution in [3.8, 4) is 11.1 Å². The minimum atomic E-state index is -0.314. The molecular formula is C17H14FN3O3S. The second kappa shape index (κ2) is 6.03. The first-order valence-corrected chi connectivity index (χ1v) is 8.74. The van der Waals surface area contributed by atoms with E-state index in [2.05, 4.69) is 4.98 Å². The highest BCUT2D eigenvalue weighted by Crippen LogP contribution is 2.27. The number of imide groups is 1. The van der Waals surface area contributed by atoms with Crippen molar-refractivity contribution in [3.63, 3.8) is 0 Å². The van der Waals surface area contributed by atoms with Gasteiger partial charge in [0.05, 0.1) is 11.8 Å². The van der Waals surface area contributed by atoms with Crippen molar-refractivity contribution in [3.05, 3.63) is 48.0 Å². The number of carbonyl (C=O) groups is 3. The van der Waals surface area contributed by atoms with E-state index in [1.807, 2.05) is 0 Å². The quantitative estimate of drug-likeness (QED) is 0.913. The number of hydrogen-bond donors (Lipinski definition) is 1. The van der Waals surface area contributed by atoms with Crippen molar-refractivity contribution >= 4 is 28.8 Å². The summed E-state index contributed by atoms with van der Waals surface area (Å²) in [6.07, 6.45) is 1.70. The number of H-pyrrole nitrogens is 1. The molecule has 0 radical (unpaired) electrons. The number of hydrogen-bond acceptors (Lipinski definition) is 4. The van der Waals surface area contributed by atoms with Gasteiger partial charge in [0.2, 0.25) is 5.91 Å². The second-order valence-electron chi connectivity index (χ2n) is 5.99. The number of halogens is 1. The van der Waals surface area contributed by atoms with Gasteiger partial charge < -0.3 is 9.88 Å². The Bertz CT molecular complexity index is 842. The lowest BCUT2D eigenvalue weighted by atomic mass is 10.1. The molecule has 0 atom stereocenters. The van der Waals surface area contributed by atoms with Crippen LogP contribution >= 0.6 is 11.8 Å². The fourth-order valence-electron chi connectivity index (χ4n) is 3.00. The Balaban J connectivity index is 1.42. The van der Waals surface area contributed by atoms with Gasteiger partial charge in [-0.05, 0) is 29.3 Å². The molecule has 0 bridgehead atoms. The Morgan fingerprint density at radius 3 is 2.52 bits per heavy atom. The lowest BCUT2D eigenvalue weighted by molar-refractivity contribution is -0.128. The van der Waals surface area contributed by atoms with Crippen LogP contribution in [0.15, 0.2) is 36.5 Å². The zero-order valence-electron chi connectivity index (χ0n) is 13.1. The standard InChI is InChI=1S/C17H14FN3O3S/c18-12-3-1-10(2-4-12)11-5-14(19-6-11)16(23)20-7-13(8-20)21-15(22)9-25-17(21)24/h1-6,13,19H,7-9H2. The van der Waals surface area contributed by atoms with Gasteiger partial charge in [0.1, 0.15) is 11.5 Å². The number of aromatic nitrogens is 1. The molecular weight excluding hydrogens is 345 g/mol. The molecule has 3 amide bonds. The number of nitrogens with one attached hydrogen (secondary N) is 1. The van der Waals surface area contributed by atoms with Crippen molar-refractivity contribution in [1.82, 2.24) is 14.8 Å². The second-order valence-corrected chi connectivity index (χ2v) is 6.92. The SMILES string of the molecule is O=C(c1cc(-c2ccc(F)cc2)c[nH]1)N1CC(N2C(=O)CSC2=O)C1. The molecule has 0 saturated carbocycles. The fraction of sp³-hybridized carbons (Fsp3) is 0.235. The Kier molecular flexibility index (Phi) is 3.84. The molecule has 8 heteroatoms. The first-order valence-electron chi connectivity index (χ1n) is 7.75. The minimum Gasteiger partial charge on any atom is -0.357 e. The molecule has 1 N–H and O–H groups in total. The van der Waals surface area contributed by atoms with E-state index in [1.165, 1.54) is 17.0 Å². The Hall–Kier alpha value is -2.61. The predicted octanol–water partition coefficient (Wildman–Crippen LogP) is 2.34. The summed E-state index contributed by atoms with van der Waals surface area (Å²) in [6, 6.07) is 7.51. The van der Waals surface area contributed by atoms with Crippen molar-refractivity contribution < 1.29 is 18.8 Å². The minimum absolute atomic E-state index is 0.181. The van der Waals surface area contributed by atoms with Gasteiger partial charge in [0.25, 0.3) is 11.1 Å². The van der Waals surface area contributed by atoms with Crippen LogP contribution in [0.25, 0.3) is 11.1 Å². The van der Waals surface area contributed by atoms with Gasteiger partial charge >= 0.3 is 0 Å². The van der Waals surface area contributed by atoms with E-state index < -0.39 is 0 Å². The van der Waals surface area contributed by atoms with Gasteiger partial charge in [-0.2, -0.15) is 0 Å². The van der Waals surface area contributed by atoms with Gasteiger partial charge in [0.15, 0.2) is 0 Å². The summed E-state index contributed by atoms with van der Waals surface area (Å²) in [4.78, 5) is 41.7. The van der Waals surface area contributed by atoms with E-state index in [1.54, 1.807) is 29.3 Å². The lowest BCUT2D eigenvalue weighted by Crippen LogP contribution is -2.62. The largest absolute Gasteiger partial charge is 0.357 e. The van der Waals surface area contributed by atoms with E-state index in [4.69, 9.17) is 0 Å². The zero-order valence-corrected chi connectivity index (χ0v) is 13.9. The van der Waals surface area contributed by atoms with Crippen molar-refractivity contribution in [2.24, 2.45) is 0 Å². The summed E-state index contributed by atoms with van der Waals surface area (Å²) in [5, 5.41) is -0.236. The number of aromatic amines is 1. The third-order valence-electron chi connectivity index (χ3n) is 4.39. The number of thioether (sulfide) groups is 1. The fourth-order valence-corrected chi connectivity index (χ4v) is 3.77. The predicted molar refractivity (Wildman–Crippen MR) is 90.6 cm³/mol. The van der Waals surface area contributed by atoms with Gasteiger partial charge in [0, 0.05) is 19.3 Å². The van der Waals surface area contributed by atoms with Crippen LogP contribution in [0.1, 0.15) is 10.5 Å². The van der Waals surface area contributed by atoms with Crippen LogP contribution in [-0.4, -0.2) is 56.7 Å². The molecule has 0 spiro atoms. The molecule has 25 heavy (non-hydrogen) atoms. The highest BCUT2D eigenvalue weighted by Gasteiger charge is 2.43. The summed E-state index contributed by atoms with van der Waals surface area (Å²) < 4.78 is 13.0. The molecule has 2 saturated heterocycles. The van der Waals surface area contributed by atoms with Crippen molar-refractivity contribution in [2.45, 2.75) is 6.04 Å². The van der Waals surface area contributed by atoms with Gasteiger partial charge in [-0.3, -0.25) is 19.3 Å². The van der Waals surface area contributed by atoms with Gasteiger partial charge in [-0.15, -0.1) is 0 Å². The van der Waals surface area contributed by atoms with Crippen molar-refractivity contribution in [2.75, 3.05) is 18.8 Å². The van der Waals surface area contributed by atoms with Crippen LogP contribution in [-0.2, 0) is 4.79 Å². The number of nitrogens with zero attached hydrogens (tertiary/aromatic N) is 2. The smallest absolute Gasteiger partial charge is 0.289 e. The third-order valence-corrected chi connectivity index (χ3v) is 5.23. The van der Waals surface area contributed by atoms with Crippen LogP contribution in [0.3, 0.4) is 0 Å². The Morgan fingerprint density at radius 2 is 1.88 bits per heavy atom. The summed E-state index contributed by atoms with van der Waals surface area (Å²) in [5.74, 6) is -0.505. The maximum atomic E-state index is 13.0. The Morgan fingerprint density at radius 1 is 1.16 bits per heavy atom. The molecule has 0 unspecified atom stereocenters. The highest BCUT2D eigenvalue weighted by molar-refractivity contribution is 8.14. The average molecular weight is 359 g/mol. The van der Waals surface area contributed by atoms with E-state index in [-0.39, 0.29) is 34.7 Å².